The average molecular weight is 522 g/mol. The molecule has 2 N–H and O–H groups in total. The maximum atomic E-state index is 14.9. The second kappa shape index (κ2) is 8.82. The Morgan fingerprint density at radius 1 is 1.18 bits per heavy atom. The number of amides is 1. The molecule has 0 unspecified atom stereocenters. The summed E-state index contributed by atoms with van der Waals surface area (Å²) in [5.41, 5.74) is 3.35. The molecule has 1 aliphatic carbocycles. The van der Waals surface area contributed by atoms with Gasteiger partial charge in [0.25, 0.3) is 0 Å². The van der Waals surface area contributed by atoms with Crippen molar-refractivity contribution in [3.05, 3.63) is 58.9 Å². The van der Waals surface area contributed by atoms with Crippen LogP contribution in [-0.4, -0.2) is 48.1 Å². The highest BCUT2D eigenvalue weighted by Crippen LogP contribution is 2.43. The van der Waals surface area contributed by atoms with Crippen molar-refractivity contribution in [2.45, 2.75) is 31.3 Å². The molecule has 0 radical (unpaired) electrons. The number of aromatic nitrogens is 6. The fourth-order valence-electron chi connectivity index (χ4n) is 5.60. The Morgan fingerprint density at radius 3 is 2.63 bits per heavy atom. The van der Waals surface area contributed by atoms with Crippen LogP contribution < -0.4 is 11.0 Å². The molecule has 1 amide bonds. The molecule has 0 spiro atoms. The van der Waals surface area contributed by atoms with E-state index in [0.29, 0.717) is 58.2 Å². The minimum atomic E-state index is -0.670. The van der Waals surface area contributed by atoms with Crippen LogP contribution >= 0.6 is 0 Å². The van der Waals surface area contributed by atoms with E-state index < -0.39 is 17.9 Å². The van der Waals surface area contributed by atoms with Crippen LogP contribution in [0.3, 0.4) is 0 Å². The summed E-state index contributed by atoms with van der Waals surface area (Å²) in [6.07, 6.45) is 4.54. The van der Waals surface area contributed by atoms with E-state index in [4.69, 9.17) is 4.74 Å². The SMILES string of the molecule is COC(=O)N[C@@H]1CC[C@@H](n2c(=O)n(C)c3cnc4[nH]c(-c5cn(C)nc5F)c(-c5ccc(F)cc5)c4c32)C1. The lowest BCUT2D eigenvalue weighted by molar-refractivity contribution is 0.166. The fourth-order valence-corrected chi connectivity index (χ4v) is 5.60. The van der Waals surface area contributed by atoms with Gasteiger partial charge in [0.1, 0.15) is 11.5 Å². The predicted octanol–water partition coefficient (Wildman–Crippen LogP) is 4.01. The molecule has 1 fully saturated rings. The van der Waals surface area contributed by atoms with Crippen molar-refractivity contribution < 1.29 is 18.3 Å². The normalized spacial score (nSPS) is 17.5. The largest absolute Gasteiger partial charge is 0.453 e. The van der Waals surface area contributed by atoms with Crippen LogP contribution in [0.1, 0.15) is 25.3 Å². The number of carbonyl (C=O) groups is 1. The summed E-state index contributed by atoms with van der Waals surface area (Å²) in [5.74, 6) is -1.07. The van der Waals surface area contributed by atoms with E-state index in [9.17, 15) is 18.4 Å². The minimum Gasteiger partial charge on any atom is -0.453 e. The summed E-state index contributed by atoms with van der Waals surface area (Å²) in [4.78, 5) is 33.2. The summed E-state index contributed by atoms with van der Waals surface area (Å²) in [6.45, 7) is 0. The van der Waals surface area contributed by atoms with Crippen molar-refractivity contribution >= 4 is 28.2 Å². The zero-order valence-electron chi connectivity index (χ0n) is 21.0. The molecular formula is C26H25F2N7O3. The Bertz CT molecular complexity index is 1760. The Morgan fingerprint density at radius 2 is 1.95 bits per heavy atom. The number of H-pyrrole nitrogens is 1. The number of imidazole rings is 1. The van der Waals surface area contributed by atoms with Crippen molar-refractivity contribution in [1.82, 2.24) is 34.2 Å². The van der Waals surface area contributed by atoms with Gasteiger partial charge in [0.05, 0.1) is 41.0 Å². The standard InChI is InChI=1S/C26H25F2N7O3/c1-33-12-17(23(28)32-33)21-19(13-4-6-14(27)7-5-13)20-22-18(11-29-24(20)31-21)34(2)26(37)35(22)16-9-8-15(10-16)30-25(36)38-3/h4-7,11-12,15-16H,8-10H2,1-3H3,(H,29,31)(H,30,36)/t15-,16-/m1/s1. The van der Waals surface area contributed by atoms with Crippen LogP contribution in [0.15, 0.2) is 41.5 Å². The molecule has 6 rings (SSSR count). The van der Waals surface area contributed by atoms with E-state index in [0.717, 1.165) is 0 Å². The zero-order valence-corrected chi connectivity index (χ0v) is 21.0. The number of hydrogen-bond acceptors (Lipinski definition) is 5. The van der Waals surface area contributed by atoms with Gasteiger partial charge in [-0.2, -0.15) is 4.39 Å². The van der Waals surface area contributed by atoms with E-state index in [1.54, 1.807) is 43.2 Å². The maximum absolute atomic E-state index is 14.9. The summed E-state index contributed by atoms with van der Waals surface area (Å²) in [7, 11) is 4.61. The number of aromatic amines is 1. The predicted molar refractivity (Wildman–Crippen MR) is 137 cm³/mol. The van der Waals surface area contributed by atoms with E-state index in [-0.39, 0.29) is 23.3 Å². The van der Waals surface area contributed by atoms with Gasteiger partial charge >= 0.3 is 11.8 Å². The maximum Gasteiger partial charge on any atom is 0.407 e. The van der Waals surface area contributed by atoms with Gasteiger partial charge in [-0.15, -0.1) is 5.10 Å². The van der Waals surface area contributed by atoms with Gasteiger partial charge in [-0.1, -0.05) is 12.1 Å². The zero-order chi connectivity index (χ0) is 26.7. The Kier molecular flexibility index (Phi) is 5.55. The third kappa shape index (κ3) is 3.66. The monoisotopic (exact) mass is 521 g/mol. The molecule has 0 bridgehead atoms. The summed E-state index contributed by atoms with van der Waals surface area (Å²) in [5, 5.41) is 7.30. The summed E-state index contributed by atoms with van der Waals surface area (Å²) < 4.78 is 38.2. The fraction of sp³-hybridized carbons (Fsp3) is 0.308. The first kappa shape index (κ1) is 23.9. The van der Waals surface area contributed by atoms with Gasteiger partial charge < -0.3 is 15.0 Å². The number of halogens is 2. The molecule has 38 heavy (non-hydrogen) atoms. The average Bonchev–Trinajstić information content (AvgIpc) is 3.64. The molecule has 10 nitrogen and oxygen atoms in total. The second-order valence-electron chi connectivity index (χ2n) is 9.62. The number of methoxy groups -OCH3 is 1. The molecular weight excluding hydrogens is 496 g/mol. The lowest BCUT2D eigenvalue weighted by atomic mass is 9.99. The van der Waals surface area contributed by atoms with Gasteiger partial charge in [-0.05, 0) is 37.0 Å². The van der Waals surface area contributed by atoms with Gasteiger partial charge in [0.15, 0.2) is 0 Å². The van der Waals surface area contributed by atoms with Gasteiger partial charge in [-0.3, -0.25) is 13.8 Å². The highest BCUT2D eigenvalue weighted by atomic mass is 19.1. The number of aryl methyl sites for hydroxylation is 2. The number of rotatable bonds is 4. The number of nitrogens with one attached hydrogen (secondary N) is 2. The quantitative estimate of drug-likeness (QED) is 0.371. The number of benzene rings is 1. The first-order valence-electron chi connectivity index (χ1n) is 12.2. The molecule has 0 saturated heterocycles. The molecule has 1 saturated carbocycles. The molecule has 5 aromatic rings. The molecule has 1 aliphatic rings. The van der Waals surface area contributed by atoms with Crippen molar-refractivity contribution in [3.8, 4) is 22.4 Å². The second-order valence-corrected chi connectivity index (χ2v) is 9.62. The van der Waals surface area contributed by atoms with E-state index >= 15 is 0 Å². The van der Waals surface area contributed by atoms with Crippen LogP contribution in [0.2, 0.25) is 0 Å². The molecule has 0 aliphatic heterocycles. The van der Waals surface area contributed by atoms with Crippen LogP contribution in [-0.2, 0) is 18.8 Å². The third-order valence-corrected chi connectivity index (χ3v) is 7.33. The van der Waals surface area contributed by atoms with E-state index in [1.807, 2.05) is 0 Å². The number of alkyl carbamates (subject to hydrolysis) is 1. The third-order valence-electron chi connectivity index (χ3n) is 7.33. The molecule has 196 valence electrons. The number of pyridine rings is 1. The Labute approximate surface area is 214 Å². The molecule has 4 aromatic heterocycles. The lowest BCUT2D eigenvalue weighted by Crippen LogP contribution is -2.33. The number of ether oxygens (including phenoxy) is 1. The highest BCUT2D eigenvalue weighted by Gasteiger charge is 2.32. The van der Waals surface area contributed by atoms with Crippen molar-refractivity contribution in [2.24, 2.45) is 14.1 Å². The molecule has 12 heteroatoms. The van der Waals surface area contributed by atoms with E-state index in [2.05, 4.69) is 20.4 Å². The van der Waals surface area contributed by atoms with Gasteiger partial charge in [-0.25, -0.2) is 19.0 Å². The first-order valence-corrected chi connectivity index (χ1v) is 12.2. The van der Waals surface area contributed by atoms with Crippen LogP contribution in [0, 0.1) is 11.8 Å². The molecule has 1 aromatic carbocycles. The van der Waals surface area contributed by atoms with Crippen molar-refractivity contribution in [3.63, 3.8) is 0 Å². The van der Waals surface area contributed by atoms with Gasteiger partial charge in [0, 0.05) is 37.9 Å². The molecule has 4 heterocycles. The highest BCUT2D eigenvalue weighted by molar-refractivity contribution is 6.14. The Balaban J connectivity index is 1.64. The van der Waals surface area contributed by atoms with Crippen LogP contribution in [0.4, 0.5) is 13.6 Å². The van der Waals surface area contributed by atoms with Crippen molar-refractivity contribution in [2.75, 3.05) is 7.11 Å². The number of carbonyl (C=O) groups excluding carboxylic acids is 1. The smallest absolute Gasteiger partial charge is 0.407 e. The van der Waals surface area contributed by atoms with E-state index in [1.165, 1.54) is 28.5 Å². The van der Waals surface area contributed by atoms with Crippen LogP contribution in [0.5, 0.6) is 0 Å². The summed E-state index contributed by atoms with van der Waals surface area (Å²) >= 11 is 0. The minimum absolute atomic E-state index is 0.144. The first-order chi connectivity index (χ1) is 18.3. The number of hydrogen-bond donors (Lipinski definition) is 2. The number of fused-ring (bicyclic) bond motifs is 3. The van der Waals surface area contributed by atoms with Gasteiger partial charge in [0.2, 0.25) is 5.95 Å². The van der Waals surface area contributed by atoms with Crippen LogP contribution in [0.25, 0.3) is 44.5 Å². The Hall–Kier alpha value is -4.48. The number of nitrogens with zero attached hydrogens (tertiary/aromatic N) is 5. The molecule has 2 atom stereocenters. The van der Waals surface area contributed by atoms with Crippen molar-refractivity contribution in [1.29, 1.82) is 0 Å². The lowest BCUT2D eigenvalue weighted by Gasteiger charge is -2.15. The topological polar surface area (TPSA) is 112 Å². The summed E-state index contributed by atoms with van der Waals surface area (Å²) in [6, 6.07) is 5.56.